The second kappa shape index (κ2) is 5.01. The van der Waals surface area contributed by atoms with Gasteiger partial charge in [-0.25, -0.2) is 0 Å². The van der Waals surface area contributed by atoms with Crippen molar-refractivity contribution in [2.75, 3.05) is 18.4 Å². The highest BCUT2D eigenvalue weighted by molar-refractivity contribution is 5.84. The molecule has 1 fully saturated rings. The number of hydrogen-bond acceptors (Lipinski definition) is 2. The maximum atomic E-state index is 12.0. The van der Waals surface area contributed by atoms with Crippen LogP contribution in [0.3, 0.4) is 0 Å². The second-order valence-corrected chi connectivity index (χ2v) is 4.26. The SMILES string of the molecule is CC(Nc1ccccc1)C(=O)N1CCCC1. The smallest absolute Gasteiger partial charge is 0.244 e. The standard InChI is InChI=1S/C13H18N2O/c1-11(13(16)15-9-5-6-10-15)14-12-7-3-2-4-8-12/h2-4,7-8,11,14H,5-6,9-10H2,1H3. The predicted molar refractivity (Wildman–Crippen MR) is 65.3 cm³/mol. The number of nitrogens with zero attached hydrogens (tertiary/aromatic N) is 1. The van der Waals surface area contributed by atoms with Gasteiger partial charge >= 0.3 is 0 Å². The fraction of sp³-hybridized carbons (Fsp3) is 0.462. The Morgan fingerprint density at radius 2 is 1.88 bits per heavy atom. The molecule has 0 bridgehead atoms. The van der Waals surface area contributed by atoms with Crippen LogP contribution in [0.15, 0.2) is 30.3 Å². The summed E-state index contributed by atoms with van der Waals surface area (Å²) >= 11 is 0. The van der Waals surface area contributed by atoms with Crippen molar-refractivity contribution in [2.45, 2.75) is 25.8 Å². The molecule has 1 heterocycles. The molecule has 86 valence electrons. The van der Waals surface area contributed by atoms with Crippen molar-refractivity contribution in [1.29, 1.82) is 0 Å². The number of benzene rings is 1. The van der Waals surface area contributed by atoms with E-state index in [0.29, 0.717) is 0 Å². The third kappa shape index (κ3) is 2.54. The Balaban J connectivity index is 1.92. The zero-order valence-electron chi connectivity index (χ0n) is 9.65. The Labute approximate surface area is 96.5 Å². The third-order valence-corrected chi connectivity index (χ3v) is 2.95. The van der Waals surface area contributed by atoms with Crippen molar-refractivity contribution in [2.24, 2.45) is 0 Å². The van der Waals surface area contributed by atoms with Gasteiger partial charge in [0.1, 0.15) is 6.04 Å². The molecule has 0 saturated carbocycles. The molecular weight excluding hydrogens is 200 g/mol. The number of para-hydroxylation sites is 1. The van der Waals surface area contributed by atoms with Gasteiger partial charge in [0.05, 0.1) is 0 Å². The van der Waals surface area contributed by atoms with Crippen molar-refractivity contribution in [3.05, 3.63) is 30.3 Å². The van der Waals surface area contributed by atoms with Crippen LogP contribution < -0.4 is 5.32 Å². The van der Waals surface area contributed by atoms with Gasteiger partial charge in [-0.3, -0.25) is 4.79 Å². The molecule has 2 rings (SSSR count). The quantitative estimate of drug-likeness (QED) is 0.842. The number of anilines is 1. The lowest BCUT2D eigenvalue weighted by Gasteiger charge is -2.21. The van der Waals surface area contributed by atoms with Gasteiger partial charge in [-0.05, 0) is 31.9 Å². The van der Waals surface area contributed by atoms with Crippen LogP contribution in [0.2, 0.25) is 0 Å². The van der Waals surface area contributed by atoms with Crippen molar-refractivity contribution in [1.82, 2.24) is 4.90 Å². The molecule has 0 radical (unpaired) electrons. The highest BCUT2D eigenvalue weighted by atomic mass is 16.2. The van der Waals surface area contributed by atoms with E-state index in [1.165, 1.54) is 0 Å². The number of hydrogen-bond donors (Lipinski definition) is 1. The van der Waals surface area contributed by atoms with E-state index >= 15 is 0 Å². The summed E-state index contributed by atoms with van der Waals surface area (Å²) in [5, 5.41) is 3.23. The molecular formula is C13H18N2O. The van der Waals surface area contributed by atoms with Gasteiger partial charge < -0.3 is 10.2 Å². The summed E-state index contributed by atoms with van der Waals surface area (Å²) in [6.45, 7) is 3.76. The van der Waals surface area contributed by atoms with E-state index in [-0.39, 0.29) is 11.9 Å². The van der Waals surface area contributed by atoms with Gasteiger partial charge in [0.25, 0.3) is 0 Å². The van der Waals surface area contributed by atoms with Crippen LogP contribution in [0.25, 0.3) is 0 Å². The minimum absolute atomic E-state index is 0.138. The Morgan fingerprint density at radius 1 is 1.25 bits per heavy atom. The second-order valence-electron chi connectivity index (χ2n) is 4.26. The lowest BCUT2D eigenvalue weighted by Crippen LogP contribution is -2.39. The molecule has 1 aliphatic heterocycles. The van der Waals surface area contributed by atoms with E-state index < -0.39 is 0 Å². The highest BCUT2D eigenvalue weighted by Crippen LogP contribution is 2.12. The van der Waals surface area contributed by atoms with E-state index in [1.807, 2.05) is 42.2 Å². The average molecular weight is 218 g/mol. The molecule has 3 heteroatoms. The first-order valence-corrected chi connectivity index (χ1v) is 5.88. The van der Waals surface area contributed by atoms with Crippen molar-refractivity contribution in [3.8, 4) is 0 Å². The summed E-state index contributed by atoms with van der Waals surface area (Å²) in [5.41, 5.74) is 1.00. The number of nitrogens with one attached hydrogen (secondary N) is 1. The first kappa shape index (κ1) is 11.0. The van der Waals surface area contributed by atoms with E-state index in [9.17, 15) is 4.79 Å². The van der Waals surface area contributed by atoms with Gasteiger partial charge in [0, 0.05) is 18.8 Å². The van der Waals surface area contributed by atoms with Gasteiger partial charge in [0.2, 0.25) is 5.91 Å². The fourth-order valence-electron chi connectivity index (χ4n) is 2.06. The molecule has 0 spiro atoms. The van der Waals surface area contributed by atoms with Gasteiger partial charge in [-0.2, -0.15) is 0 Å². The minimum Gasteiger partial charge on any atom is -0.374 e. The predicted octanol–water partition coefficient (Wildman–Crippen LogP) is 2.11. The largest absolute Gasteiger partial charge is 0.374 e. The highest BCUT2D eigenvalue weighted by Gasteiger charge is 2.22. The fourth-order valence-corrected chi connectivity index (χ4v) is 2.06. The summed E-state index contributed by atoms with van der Waals surface area (Å²) in [4.78, 5) is 14.0. The van der Waals surface area contributed by atoms with E-state index in [2.05, 4.69) is 5.32 Å². The molecule has 1 aromatic rings. The third-order valence-electron chi connectivity index (χ3n) is 2.95. The molecule has 16 heavy (non-hydrogen) atoms. The van der Waals surface area contributed by atoms with Crippen LogP contribution in [-0.4, -0.2) is 29.9 Å². The molecule has 1 aliphatic rings. The molecule has 1 atom stereocenters. The van der Waals surface area contributed by atoms with Crippen LogP contribution in [0.1, 0.15) is 19.8 Å². The van der Waals surface area contributed by atoms with Gasteiger partial charge in [-0.15, -0.1) is 0 Å². The Morgan fingerprint density at radius 3 is 2.50 bits per heavy atom. The van der Waals surface area contributed by atoms with Crippen LogP contribution in [-0.2, 0) is 4.79 Å². The number of amides is 1. The molecule has 1 unspecified atom stereocenters. The molecule has 1 saturated heterocycles. The Bertz CT molecular complexity index is 344. The minimum atomic E-state index is -0.138. The zero-order valence-corrected chi connectivity index (χ0v) is 9.65. The number of rotatable bonds is 3. The first-order chi connectivity index (χ1) is 7.77. The first-order valence-electron chi connectivity index (χ1n) is 5.88. The Kier molecular flexibility index (Phi) is 3.44. The van der Waals surface area contributed by atoms with Crippen molar-refractivity contribution < 1.29 is 4.79 Å². The molecule has 1 aromatic carbocycles. The lowest BCUT2D eigenvalue weighted by atomic mass is 10.2. The van der Waals surface area contributed by atoms with E-state index in [0.717, 1.165) is 31.6 Å². The monoisotopic (exact) mass is 218 g/mol. The molecule has 3 nitrogen and oxygen atoms in total. The topological polar surface area (TPSA) is 32.3 Å². The van der Waals surface area contributed by atoms with Crippen LogP contribution in [0.5, 0.6) is 0 Å². The van der Waals surface area contributed by atoms with Gasteiger partial charge in [-0.1, -0.05) is 18.2 Å². The molecule has 0 aromatic heterocycles. The van der Waals surface area contributed by atoms with E-state index in [1.54, 1.807) is 0 Å². The van der Waals surface area contributed by atoms with E-state index in [4.69, 9.17) is 0 Å². The van der Waals surface area contributed by atoms with Crippen molar-refractivity contribution >= 4 is 11.6 Å². The van der Waals surface area contributed by atoms with Gasteiger partial charge in [0.15, 0.2) is 0 Å². The maximum Gasteiger partial charge on any atom is 0.244 e. The average Bonchev–Trinajstić information content (AvgIpc) is 2.83. The summed E-state index contributed by atoms with van der Waals surface area (Å²) in [6.07, 6.45) is 2.29. The lowest BCUT2D eigenvalue weighted by molar-refractivity contribution is -0.130. The zero-order chi connectivity index (χ0) is 11.4. The maximum absolute atomic E-state index is 12.0. The summed E-state index contributed by atoms with van der Waals surface area (Å²) in [5.74, 6) is 0.210. The van der Waals surface area contributed by atoms with Crippen LogP contribution in [0.4, 0.5) is 5.69 Å². The van der Waals surface area contributed by atoms with Crippen LogP contribution >= 0.6 is 0 Å². The molecule has 1 amide bonds. The number of likely N-dealkylation sites (tertiary alicyclic amines) is 1. The Hall–Kier alpha value is -1.51. The summed E-state index contributed by atoms with van der Waals surface area (Å²) in [7, 11) is 0. The summed E-state index contributed by atoms with van der Waals surface area (Å²) in [6, 6.07) is 9.73. The normalized spacial score (nSPS) is 17.2. The van der Waals surface area contributed by atoms with Crippen LogP contribution in [0, 0.1) is 0 Å². The number of carbonyl (C=O) groups excluding carboxylic acids is 1. The molecule has 0 aliphatic carbocycles. The van der Waals surface area contributed by atoms with Crippen molar-refractivity contribution in [3.63, 3.8) is 0 Å². The molecule has 1 N–H and O–H groups in total. The summed E-state index contributed by atoms with van der Waals surface area (Å²) < 4.78 is 0. The number of carbonyl (C=O) groups is 1.